The summed E-state index contributed by atoms with van der Waals surface area (Å²) in [4.78, 5) is 26.5. The van der Waals surface area contributed by atoms with Gasteiger partial charge >= 0.3 is 0 Å². The summed E-state index contributed by atoms with van der Waals surface area (Å²) in [5.74, 6) is -0.309. The van der Waals surface area contributed by atoms with Gasteiger partial charge in [0.05, 0.1) is 22.5 Å². The maximum Gasteiger partial charge on any atom is 0.238 e. The molecule has 1 aliphatic heterocycles. The molecule has 1 saturated heterocycles. The zero-order valence-corrected chi connectivity index (χ0v) is 11.9. The standard InChI is InChI=1S/C15H11Cl2NO2/c16-9-3-4-10(17)11(6-9)18-14(19)12-7-1-2-8(5-7)13(12)15(18)20/h1-4,6-8,12-13H,5H2/t7-,8+,12-,13+. The molecule has 20 heavy (non-hydrogen) atoms. The van der Waals surface area contributed by atoms with Crippen LogP contribution in [0, 0.1) is 23.7 Å². The van der Waals surface area contributed by atoms with Crippen LogP contribution in [-0.2, 0) is 9.59 Å². The largest absolute Gasteiger partial charge is 0.274 e. The molecule has 0 spiro atoms. The van der Waals surface area contributed by atoms with Crippen molar-refractivity contribution in [1.29, 1.82) is 0 Å². The number of hydrogen-bond acceptors (Lipinski definition) is 2. The van der Waals surface area contributed by atoms with E-state index in [0.717, 1.165) is 6.42 Å². The van der Waals surface area contributed by atoms with Crippen LogP contribution < -0.4 is 4.90 Å². The van der Waals surface area contributed by atoms with E-state index in [9.17, 15) is 9.59 Å². The van der Waals surface area contributed by atoms with Gasteiger partial charge in [0.15, 0.2) is 0 Å². The molecule has 1 saturated carbocycles. The number of nitrogens with zero attached hydrogens (tertiary/aromatic N) is 1. The summed E-state index contributed by atoms with van der Waals surface area (Å²) in [6.45, 7) is 0. The number of fused-ring (bicyclic) bond motifs is 5. The van der Waals surface area contributed by atoms with E-state index in [1.54, 1.807) is 18.2 Å². The van der Waals surface area contributed by atoms with Crippen molar-refractivity contribution >= 4 is 40.7 Å². The third-order valence-corrected chi connectivity index (χ3v) is 5.17. The van der Waals surface area contributed by atoms with Crippen molar-refractivity contribution in [3.63, 3.8) is 0 Å². The number of carbonyl (C=O) groups is 2. The molecule has 0 unspecified atom stereocenters. The Morgan fingerprint density at radius 3 is 2.20 bits per heavy atom. The van der Waals surface area contributed by atoms with Gasteiger partial charge in [-0.25, -0.2) is 4.90 Å². The second-order valence-corrected chi connectivity index (χ2v) is 6.45. The van der Waals surface area contributed by atoms with Gasteiger partial charge in [-0.1, -0.05) is 35.4 Å². The van der Waals surface area contributed by atoms with Crippen LogP contribution in [0.1, 0.15) is 6.42 Å². The molecule has 102 valence electrons. The van der Waals surface area contributed by atoms with Gasteiger partial charge in [-0.05, 0) is 36.5 Å². The second-order valence-electron chi connectivity index (χ2n) is 5.61. The van der Waals surface area contributed by atoms with Crippen LogP contribution in [0.3, 0.4) is 0 Å². The first kappa shape index (κ1) is 12.4. The smallest absolute Gasteiger partial charge is 0.238 e. The topological polar surface area (TPSA) is 37.4 Å². The molecule has 2 aliphatic carbocycles. The summed E-state index contributed by atoms with van der Waals surface area (Å²) >= 11 is 12.1. The number of halogens is 2. The van der Waals surface area contributed by atoms with Gasteiger partial charge in [-0.15, -0.1) is 0 Å². The highest BCUT2D eigenvalue weighted by molar-refractivity contribution is 6.37. The SMILES string of the molecule is O=C1[C@@H]2[C@H](C(=O)N1c1cc(Cl)ccc1Cl)[C@@H]1C=C[C@H]2C1. The lowest BCUT2D eigenvalue weighted by atomic mass is 9.85. The molecule has 4 atom stereocenters. The molecule has 5 heteroatoms. The van der Waals surface area contributed by atoms with Crippen LogP contribution in [0.5, 0.6) is 0 Å². The Hall–Kier alpha value is -1.32. The molecule has 2 amide bonds. The molecule has 2 bridgehead atoms. The fourth-order valence-electron chi connectivity index (χ4n) is 3.80. The summed E-state index contributed by atoms with van der Waals surface area (Å²) in [6.07, 6.45) is 5.06. The van der Waals surface area contributed by atoms with Crippen molar-refractivity contribution in [3.05, 3.63) is 40.4 Å². The normalized spacial score (nSPS) is 34.2. The molecule has 1 aromatic carbocycles. The average molecular weight is 308 g/mol. The van der Waals surface area contributed by atoms with Gasteiger partial charge in [0, 0.05) is 5.02 Å². The van der Waals surface area contributed by atoms with E-state index in [1.165, 1.54) is 4.90 Å². The van der Waals surface area contributed by atoms with Gasteiger partial charge in [0.25, 0.3) is 0 Å². The number of allylic oxidation sites excluding steroid dienone is 2. The van der Waals surface area contributed by atoms with Crippen molar-refractivity contribution in [2.45, 2.75) is 6.42 Å². The highest BCUT2D eigenvalue weighted by Gasteiger charge is 2.59. The third-order valence-electron chi connectivity index (χ3n) is 4.62. The van der Waals surface area contributed by atoms with E-state index in [4.69, 9.17) is 23.2 Å². The van der Waals surface area contributed by atoms with Crippen LogP contribution in [0.2, 0.25) is 10.0 Å². The number of amides is 2. The quantitative estimate of drug-likeness (QED) is 0.589. The van der Waals surface area contributed by atoms with E-state index in [0.29, 0.717) is 15.7 Å². The highest BCUT2D eigenvalue weighted by Crippen LogP contribution is 2.53. The van der Waals surface area contributed by atoms with Crippen molar-refractivity contribution in [2.24, 2.45) is 23.7 Å². The van der Waals surface area contributed by atoms with Crippen molar-refractivity contribution < 1.29 is 9.59 Å². The van der Waals surface area contributed by atoms with Crippen LogP contribution in [-0.4, -0.2) is 11.8 Å². The first-order chi connectivity index (χ1) is 9.58. The van der Waals surface area contributed by atoms with Crippen molar-refractivity contribution in [2.75, 3.05) is 4.90 Å². The molecule has 3 nitrogen and oxygen atoms in total. The zero-order valence-electron chi connectivity index (χ0n) is 10.4. The number of benzene rings is 1. The number of imide groups is 1. The summed E-state index contributed by atoms with van der Waals surface area (Å²) in [5, 5.41) is 0.833. The van der Waals surface area contributed by atoms with E-state index in [1.807, 2.05) is 0 Å². The molecule has 0 aromatic heterocycles. The molecule has 4 rings (SSSR count). The second kappa shape index (κ2) is 4.09. The number of carbonyl (C=O) groups excluding carboxylic acids is 2. The minimum Gasteiger partial charge on any atom is -0.274 e. The Balaban J connectivity index is 1.80. The van der Waals surface area contributed by atoms with Crippen molar-refractivity contribution in [1.82, 2.24) is 0 Å². The van der Waals surface area contributed by atoms with Crippen LogP contribution >= 0.6 is 23.2 Å². The molecule has 3 aliphatic rings. The Labute approximate surface area is 126 Å². The lowest BCUT2D eigenvalue weighted by molar-refractivity contribution is -0.123. The molecule has 1 heterocycles. The van der Waals surface area contributed by atoms with E-state index in [-0.39, 0.29) is 35.5 Å². The minimum absolute atomic E-state index is 0.138. The van der Waals surface area contributed by atoms with Gasteiger partial charge in [0.2, 0.25) is 11.8 Å². The first-order valence-corrected chi connectivity index (χ1v) is 7.34. The molecular formula is C15H11Cl2NO2. The maximum absolute atomic E-state index is 12.6. The Morgan fingerprint density at radius 1 is 1.00 bits per heavy atom. The summed E-state index contributed by atoms with van der Waals surface area (Å²) < 4.78 is 0. The molecular weight excluding hydrogens is 297 g/mol. The highest BCUT2D eigenvalue weighted by atomic mass is 35.5. The van der Waals surface area contributed by atoms with Crippen LogP contribution in [0.4, 0.5) is 5.69 Å². The van der Waals surface area contributed by atoms with Crippen LogP contribution in [0.15, 0.2) is 30.4 Å². The number of hydrogen-bond donors (Lipinski definition) is 0. The van der Waals surface area contributed by atoms with Gasteiger partial charge in [-0.2, -0.15) is 0 Å². The summed E-state index contributed by atoms with van der Waals surface area (Å²) in [7, 11) is 0. The number of anilines is 1. The minimum atomic E-state index is -0.215. The predicted octanol–water partition coefficient (Wildman–Crippen LogP) is 3.30. The monoisotopic (exact) mass is 307 g/mol. The van der Waals surface area contributed by atoms with Gasteiger partial charge < -0.3 is 0 Å². The van der Waals surface area contributed by atoms with Gasteiger partial charge in [-0.3, -0.25) is 9.59 Å². The zero-order chi connectivity index (χ0) is 14.0. The summed E-state index contributed by atoms with van der Waals surface area (Å²) in [6, 6.07) is 4.83. The van der Waals surface area contributed by atoms with Gasteiger partial charge in [0.1, 0.15) is 0 Å². The first-order valence-electron chi connectivity index (χ1n) is 6.59. The van der Waals surface area contributed by atoms with Crippen molar-refractivity contribution in [3.8, 4) is 0 Å². The Kier molecular flexibility index (Phi) is 2.54. The summed E-state index contributed by atoms with van der Waals surface area (Å²) in [5.41, 5.74) is 0.406. The van der Waals surface area contributed by atoms with Crippen LogP contribution in [0.25, 0.3) is 0 Å². The molecule has 2 fully saturated rings. The molecule has 0 radical (unpaired) electrons. The predicted molar refractivity (Wildman–Crippen MR) is 76.7 cm³/mol. The molecule has 0 N–H and O–H groups in total. The third kappa shape index (κ3) is 1.48. The fourth-order valence-corrected chi connectivity index (χ4v) is 4.17. The Bertz CT molecular complexity index is 640. The Morgan fingerprint density at radius 2 is 1.60 bits per heavy atom. The van der Waals surface area contributed by atoms with E-state index < -0.39 is 0 Å². The van der Waals surface area contributed by atoms with E-state index >= 15 is 0 Å². The van der Waals surface area contributed by atoms with E-state index in [2.05, 4.69) is 12.2 Å². The number of rotatable bonds is 1. The maximum atomic E-state index is 12.6. The fraction of sp³-hybridized carbons (Fsp3) is 0.333. The lowest BCUT2D eigenvalue weighted by Crippen LogP contribution is -2.33. The molecule has 1 aromatic rings. The lowest BCUT2D eigenvalue weighted by Gasteiger charge is -2.18. The average Bonchev–Trinajstić information content (AvgIpc) is 3.08.